The Morgan fingerprint density at radius 3 is 2.93 bits per heavy atom. The standard InChI is InChI=1S/C12H17FN2/c1-8-6-9(2-3-11(8)13)12-7-10(14)4-5-15-12/h2-3,6,10,12,15H,4-5,7,14H2,1H3. The molecule has 1 fully saturated rings. The van der Waals surface area contributed by atoms with Crippen LogP contribution in [0.2, 0.25) is 0 Å². The van der Waals surface area contributed by atoms with Gasteiger partial charge in [0.15, 0.2) is 0 Å². The molecule has 1 aliphatic rings. The molecule has 2 atom stereocenters. The van der Waals surface area contributed by atoms with Gasteiger partial charge in [-0.15, -0.1) is 0 Å². The summed E-state index contributed by atoms with van der Waals surface area (Å²) < 4.78 is 13.1. The topological polar surface area (TPSA) is 38.0 Å². The summed E-state index contributed by atoms with van der Waals surface area (Å²) in [6, 6.07) is 5.84. The third-order valence-electron chi connectivity index (χ3n) is 3.03. The Balaban J connectivity index is 2.18. The van der Waals surface area contributed by atoms with Crippen molar-refractivity contribution in [1.29, 1.82) is 0 Å². The van der Waals surface area contributed by atoms with Gasteiger partial charge in [-0.3, -0.25) is 0 Å². The molecule has 0 saturated carbocycles. The van der Waals surface area contributed by atoms with Gasteiger partial charge in [0.2, 0.25) is 0 Å². The highest BCUT2D eigenvalue weighted by Gasteiger charge is 2.20. The fourth-order valence-electron chi connectivity index (χ4n) is 2.09. The van der Waals surface area contributed by atoms with E-state index in [9.17, 15) is 4.39 Å². The van der Waals surface area contributed by atoms with Gasteiger partial charge in [0.1, 0.15) is 5.82 Å². The van der Waals surface area contributed by atoms with Crippen LogP contribution in [0.3, 0.4) is 0 Å². The first-order valence-electron chi connectivity index (χ1n) is 5.42. The van der Waals surface area contributed by atoms with Crippen LogP contribution in [0.4, 0.5) is 4.39 Å². The van der Waals surface area contributed by atoms with Crippen molar-refractivity contribution in [1.82, 2.24) is 5.32 Å². The van der Waals surface area contributed by atoms with E-state index < -0.39 is 0 Å². The summed E-state index contributed by atoms with van der Waals surface area (Å²) in [5, 5.41) is 3.41. The highest BCUT2D eigenvalue weighted by Crippen LogP contribution is 2.23. The van der Waals surface area contributed by atoms with Crippen molar-refractivity contribution in [2.24, 2.45) is 5.73 Å². The van der Waals surface area contributed by atoms with Crippen molar-refractivity contribution in [2.45, 2.75) is 31.8 Å². The minimum Gasteiger partial charge on any atom is -0.328 e. The number of aryl methyl sites for hydroxylation is 1. The van der Waals surface area contributed by atoms with Crippen LogP contribution in [0.1, 0.15) is 30.0 Å². The van der Waals surface area contributed by atoms with E-state index >= 15 is 0 Å². The first kappa shape index (κ1) is 10.6. The number of hydrogen-bond donors (Lipinski definition) is 2. The maximum absolute atomic E-state index is 13.1. The number of halogens is 1. The number of nitrogens with two attached hydrogens (primary N) is 1. The van der Waals surface area contributed by atoms with Crippen molar-refractivity contribution >= 4 is 0 Å². The maximum Gasteiger partial charge on any atom is 0.126 e. The van der Waals surface area contributed by atoms with Crippen molar-refractivity contribution in [3.63, 3.8) is 0 Å². The monoisotopic (exact) mass is 208 g/mol. The van der Waals surface area contributed by atoms with Crippen molar-refractivity contribution < 1.29 is 4.39 Å². The molecule has 2 rings (SSSR count). The molecule has 0 radical (unpaired) electrons. The smallest absolute Gasteiger partial charge is 0.126 e. The average molecular weight is 208 g/mol. The molecule has 1 heterocycles. The Labute approximate surface area is 89.7 Å². The lowest BCUT2D eigenvalue weighted by molar-refractivity contribution is 0.369. The second kappa shape index (κ2) is 4.29. The zero-order valence-corrected chi connectivity index (χ0v) is 8.96. The van der Waals surface area contributed by atoms with Gasteiger partial charge in [-0.25, -0.2) is 4.39 Å². The van der Waals surface area contributed by atoms with Gasteiger partial charge in [-0.2, -0.15) is 0 Å². The number of piperidine rings is 1. The van der Waals surface area contributed by atoms with Crippen LogP contribution in [0, 0.1) is 12.7 Å². The van der Waals surface area contributed by atoms with Crippen LogP contribution in [0.15, 0.2) is 18.2 Å². The molecular weight excluding hydrogens is 191 g/mol. The van der Waals surface area contributed by atoms with Gasteiger partial charge >= 0.3 is 0 Å². The van der Waals surface area contributed by atoms with E-state index in [1.54, 1.807) is 6.92 Å². The van der Waals surface area contributed by atoms with E-state index in [4.69, 9.17) is 5.73 Å². The highest BCUT2D eigenvalue weighted by molar-refractivity contribution is 5.27. The Bertz CT molecular complexity index is 351. The summed E-state index contributed by atoms with van der Waals surface area (Å²) in [6.07, 6.45) is 1.96. The van der Waals surface area contributed by atoms with Crippen molar-refractivity contribution in [3.05, 3.63) is 35.1 Å². The van der Waals surface area contributed by atoms with E-state index in [0.717, 1.165) is 24.9 Å². The predicted molar refractivity (Wildman–Crippen MR) is 59.1 cm³/mol. The molecule has 0 aromatic heterocycles. The molecule has 0 amide bonds. The molecule has 0 aliphatic carbocycles. The van der Waals surface area contributed by atoms with Crippen LogP contribution in [0.5, 0.6) is 0 Å². The van der Waals surface area contributed by atoms with Crippen LogP contribution in [-0.2, 0) is 0 Å². The molecule has 0 spiro atoms. The van der Waals surface area contributed by atoms with Gasteiger partial charge < -0.3 is 11.1 Å². The zero-order valence-electron chi connectivity index (χ0n) is 8.96. The van der Waals surface area contributed by atoms with Gasteiger partial charge in [0.25, 0.3) is 0 Å². The summed E-state index contributed by atoms with van der Waals surface area (Å²) in [5.41, 5.74) is 7.76. The Morgan fingerprint density at radius 2 is 2.27 bits per heavy atom. The quantitative estimate of drug-likeness (QED) is 0.739. The largest absolute Gasteiger partial charge is 0.328 e. The predicted octanol–water partition coefficient (Wildman–Crippen LogP) is 1.89. The Kier molecular flexibility index (Phi) is 3.03. The molecule has 0 bridgehead atoms. The van der Waals surface area contributed by atoms with Crippen LogP contribution in [0.25, 0.3) is 0 Å². The number of benzene rings is 1. The third-order valence-corrected chi connectivity index (χ3v) is 3.03. The lowest BCUT2D eigenvalue weighted by Crippen LogP contribution is -2.38. The summed E-state index contributed by atoms with van der Waals surface area (Å²) in [5.74, 6) is -0.140. The molecule has 3 N–H and O–H groups in total. The van der Waals surface area contributed by atoms with Crippen molar-refractivity contribution in [3.8, 4) is 0 Å². The van der Waals surface area contributed by atoms with E-state index in [2.05, 4.69) is 5.32 Å². The number of hydrogen-bond acceptors (Lipinski definition) is 2. The molecule has 3 heteroatoms. The van der Waals surface area contributed by atoms with E-state index in [1.807, 2.05) is 12.1 Å². The summed E-state index contributed by atoms with van der Waals surface area (Å²) in [7, 11) is 0. The fourth-order valence-corrected chi connectivity index (χ4v) is 2.09. The normalized spacial score (nSPS) is 26.6. The Hall–Kier alpha value is -0.930. The first-order valence-corrected chi connectivity index (χ1v) is 5.42. The summed E-state index contributed by atoms with van der Waals surface area (Å²) in [4.78, 5) is 0. The molecule has 1 aromatic rings. The lowest BCUT2D eigenvalue weighted by atomic mass is 9.93. The highest BCUT2D eigenvalue weighted by atomic mass is 19.1. The molecule has 1 aromatic carbocycles. The minimum absolute atomic E-state index is 0.140. The van der Waals surface area contributed by atoms with E-state index in [0.29, 0.717) is 5.56 Å². The molecule has 82 valence electrons. The van der Waals surface area contributed by atoms with E-state index in [1.165, 1.54) is 6.07 Å². The summed E-state index contributed by atoms with van der Waals surface area (Å²) in [6.45, 7) is 2.74. The molecule has 15 heavy (non-hydrogen) atoms. The molecule has 2 unspecified atom stereocenters. The average Bonchev–Trinajstić information content (AvgIpc) is 2.22. The number of nitrogens with one attached hydrogen (secondary N) is 1. The Morgan fingerprint density at radius 1 is 1.47 bits per heavy atom. The third kappa shape index (κ3) is 2.36. The SMILES string of the molecule is Cc1cc(C2CC(N)CCN2)ccc1F. The van der Waals surface area contributed by atoms with Gasteiger partial charge in [-0.05, 0) is 43.5 Å². The van der Waals surface area contributed by atoms with Gasteiger partial charge in [0, 0.05) is 12.1 Å². The zero-order chi connectivity index (χ0) is 10.8. The fraction of sp³-hybridized carbons (Fsp3) is 0.500. The van der Waals surface area contributed by atoms with E-state index in [-0.39, 0.29) is 17.9 Å². The van der Waals surface area contributed by atoms with Gasteiger partial charge in [0.05, 0.1) is 0 Å². The van der Waals surface area contributed by atoms with Crippen LogP contribution < -0.4 is 11.1 Å². The second-order valence-corrected chi connectivity index (χ2v) is 4.30. The van der Waals surface area contributed by atoms with Gasteiger partial charge in [-0.1, -0.05) is 12.1 Å². The first-order chi connectivity index (χ1) is 7.16. The second-order valence-electron chi connectivity index (χ2n) is 4.30. The number of rotatable bonds is 1. The lowest BCUT2D eigenvalue weighted by Gasteiger charge is -2.28. The summed E-state index contributed by atoms with van der Waals surface area (Å²) >= 11 is 0. The van der Waals surface area contributed by atoms with Crippen LogP contribution >= 0.6 is 0 Å². The maximum atomic E-state index is 13.1. The minimum atomic E-state index is -0.140. The molecule has 2 nitrogen and oxygen atoms in total. The molecular formula is C12H17FN2. The molecule has 1 saturated heterocycles. The van der Waals surface area contributed by atoms with Crippen molar-refractivity contribution in [2.75, 3.05) is 6.54 Å². The van der Waals surface area contributed by atoms with Crippen LogP contribution in [-0.4, -0.2) is 12.6 Å². The molecule has 1 aliphatic heterocycles.